The second kappa shape index (κ2) is 9.67. The van der Waals surface area contributed by atoms with Gasteiger partial charge in [0.25, 0.3) is 0 Å². The van der Waals surface area contributed by atoms with Crippen LogP contribution in [0.1, 0.15) is 37.8 Å². The average Bonchev–Trinajstić information content (AvgIpc) is 2.62. The molecule has 0 aliphatic rings. The second-order valence-corrected chi connectivity index (χ2v) is 6.30. The average molecular weight is 318 g/mol. The van der Waals surface area contributed by atoms with Crippen LogP contribution in [0.15, 0.2) is 72.8 Å². The van der Waals surface area contributed by atoms with E-state index < -0.39 is 0 Å². The van der Waals surface area contributed by atoms with Crippen LogP contribution in [0, 0.1) is 11.8 Å². The van der Waals surface area contributed by atoms with E-state index in [9.17, 15) is 4.79 Å². The van der Waals surface area contributed by atoms with Crippen molar-refractivity contribution >= 4 is 17.9 Å². The molecule has 2 aromatic carbocycles. The first kappa shape index (κ1) is 17.9. The minimum absolute atomic E-state index is 0.0603. The van der Waals surface area contributed by atoms with Crippen LogP contribution < -0.4 is 0 Å². The Kier molecular flexibility index (Phi) is 7.22. The summed E-state index contributed by atoms with van der Waals surface area (Å²) in [4.78, 5) is 12.5. The summed E-state index contributed by atoms with van der Waals surface area (Å²) in [5.41, 5.74) is 2.35. The number of benzene rings is 2. The smallest absolute Gasteiger partial charge is 0.139 e. The molecule has 0 radical (unpaired) electrons. The van der Waals surface area contributed by atoms with Crippen molar-refractivity contribution in [2.24, 2.45) is 11.8 Å². The zero-order chi connectivity index (χ0) is 17.2. The van der Waals surface area contributed by atoms with E-state index in [1.54, 1.807) is 0 Å². The van der Waals surface area contributed by atoms with Gasteiger partial charge in [-0.05, 0) is 24.0 Å². The van der Waals surface area contributed by atoms with Crippen LogP contribution >= 0.6 is 0 Å². The van der Waals surface area contributed by atoms with E-state index in [2.05, 4.69) is 48.6 Å². The number of hydrogen-bond donors (Lipinski definition) is 0. The molecule has 0 bridgehead atoms. The fraction of sp³-hybridized carbons (Fsp3) is 0.261. The van der Waals surface area contributed by atoms with E-state index in [-0.39, 0.29) is 11.8 Å². The third kappa shape index (κ3) is 6.00. The fourth-order valence-corrected chi connectivity index (χ4v) is 2.66. The monoisotopic (exact) mass is 318 g/mol. The molecule has 0 saturated carbocycles. The number of carbonyl (C=O) groups excluding carboxylic acids is 1. The van der Waals surface area contributed by atoms with E-state index in [1.165, 1.54) is 11.1 Å². The highest BCUT2D eigenvalue weighted by Crippen LogP contribution is 2.16. The lowest BCUT2D eigenvalue weighted by Gasteiger charge is -2.13. The molecule has 0 aliphatic carbocycles. The summed E-state index contributed by atoms with van der Waals surface area (Å²) in [5, 5.41) is 0. The first-order chi connectivity index (χ1) is 11.7. The molecule has 1 heteroatoms. The Balaban J connectivity index is 1.79. The van der Waals surface area contributed by atoms with Gasteiger partial charge in [0.05, 0.1) is 0 Å². The van der Waals surface area contributed by atoms with Crippen LogP contribution in [0.25, 0.3) is 12.2 Å². The van der Waals surface area contributed by atoms with Crippen molar-refractivity contribution in [3.05, 3.63) is 83.9 Å². The predicted octanol–water partition coefficient (Wildman–Crippen LogP) is 6.03. The van der Waals surface area contributed by atoms with Crippen molar-refractivity contribution in [2.75, 3.05) is 0 Å². The van der Waals surface area contributed by atoms with Gasteiger partial charge in [-0.2, -0.15) is 0 Å². The van der Waals surface area contributed by atoms with Crippen molar-refractivity contribution in [1.29, 1.82) is 0 Å². The summed E-state index contributed by atoms with van der Waals surface area (Å²) in [6.45, 7) is 4.05. The Morgan fingerprint density at radius 1 is 0.750 bits per heavy atom. The molecule has 2 unspecified atom stereocenters. The second-order valence-electron chi connectivity index (χ2n) is 6.30. The molecule has 124 valence electrons. The summed E-state index contributed by atoms with van der Waals surface area (Å²) in [7, 11) is 0. The highest BCUT2D eigenvalue weighted by atomic mass is 16.1. The van der Waals surface area contributed by atoms with Crippen molar-refractivity contribution < 1.29 is 4.79 Å². The summed E-state index contributed by atoms with van der Waals surface area (Å²) in [6.07, 6.45) is 9.96. The van der Waals surface area contributed by atoms with Crippen molar-refractivity contribution in [3.63, 3.8) is 0 Å². The molecule has 2 aromatic rings. The predicted molar refractivity (Wildman–Crippen MR) is 104 cm³/mol. The molecule has 0 N–H and O–H groups in total. The molecular formula is C23H26O. The molecular weight excluding hydrogens is 292 g/mol. The lowest BCUT2D eigenvalue weighted by atomic mass is 9.90. The molecule has 0 saturated heterocycles. The van der Waals surface area contributed by atoms with Crippen LogP contribution in [0.3, 0.4) is 0 Å². The minimum Gasteiger partial charge on any atom is -0.299 e. The summed E-state index contributed by atoms with van der Waals surface area (Å²) >= 11 is 0. The molecule has 1 nitrogen and oxygen atoms in total. The summed E-state index contributed by atoms with van der Waals surface area (Å²) in [6, 6.07) is 20.4. The molecule has 2 atom stereocenters. The Hall–Kier alpha value is -2.41. The van der Waals surface area contributed by atoms with E-state index in [4.69, 9.17) is 0 Å². The maximum absolute atomic E-state index is 12.5. The highest BCUT2D eigenvalue weighted by molar-refractivity contribution is 5.83. The van der Waals surface area contributed by atoms with E-state index in [0.717, 1.165) is 12.8 Å². The zero-order valence-corrected chi connectivity index (χ0v) is 14.6. The van der Waals surface area contributed by atoms with Crippen molar-refractivity contribution in [1.82, 2.24) is 0 Å². The van der Waals surface area contributed by atoms with Crippen LogP contribution in [0.5, 0.6) is 0 Å². The van der Waals surface area contributed by atoms with Gasteiger partial charge in [-0.1, -0.05) is 98.8 Å². The van der Waals surface area contributed by atoms with Gasteiger partial charge in [0.15, 0.2) is 0 Å². The number of Topliss-reactive ketones (excluding diaryl/α,β-unsaturated/α-hetero) is 1. The molecule has 0 aliphatic heterocycles. The van der Waals surface area contributed by atoms with Crippen LogP contribution in [-0.2, 0) is 4.79 Å². The number of ketones is 1. The van der Waals surface area contributed by atoms with Gasteiger partial charge in [-0.25, -0.2) is 0 Å². The third-order valence-corrected chi connectivity index (χ3v) is 4.17. The minimum atomic E-state index is 0.0603. The lowest BCUT2D eigenvalue weighted by molar-refractivity contribution is -0.125. The normalized spacial score (nSPS) is 14.1. The Morgan fingerprint density at radius 3 is 1.50 bits per heavy atom. The van der Waals surface area contributed by atoms with Crippen LogP contribution in [0.2, 0.25) is 0 Å². The molecule has 0 fully saturated rings. The molecule has 24 heavy (non-hydrogen) atoms. The summed E-state index contributed by atoms with van der Waals surface area (Å²) < 4.78 is 0. The topological polar surface area (TPSA) is 17.1 Å². The van der Waals surface area contributed by atoms with Gasteiger partial charge in [-0.3, -0.25) is 4.79 Å². The molecule has 0 aromatic heterocycles. The number of allylic oxidation sites excluding steroid dienone is 2. The molecule has 0 amide bonds. The van der Waals surface area contributed by atoms with Gasteiger partial charge in [-0.15, -0.1) is 0 Å². The van der Waals surface area contributed by atoms with Gasteiger partial charge in [0.1, 0.15) is 5.78 Å². The lowest BCUT2D eigenvalue weighted by Crippen LogP contribution is -2.18. The van der Waals surface area contributed by atoms with Gasteiger partial charge < -0.3 is 0 Å². The zero-order valence-electron chi connectivity index (χ0n) is 14.6. The molecule has 0 spiro atoms. The standard InChI is InChI=1S/C23H26O/c1-19(11-9-17-21-13-5-3-6-14-21)23(24)20(2)12-10-18-22-15-7-4-8-16-22/h3-10,13-20H,11-12H2,1-2H3/b17-9+,18-10+. The van der Waals surface area contributed by atoms with Gasteiger partial charge in [0, 0.05) is 11.8 Å². The maximum Gasteiger partial charge on any atom is 0.139 e. The van der Waals surface area contributed by atoms with Crippen LogP contribution in [0.4, 0.5) is 0 Å². The molecule has 2 rings (SSSR count). The maximum atomic E-state index is 12.5. The fourth-order valence-electron chi connectivity index (χ4n) is 2.66. The first-order valence-electron chi connectivity index (χ1n) is 8.63. The van der Waals surface area contributed by atoms with Gasteiger partial charge >= 0.3 is 0 Å². The Bertz CT molecular complexity index is 608. The quantitative estimate of drug-likeness (QED) is 0.580. The SMILES string of the molecule is CC(C/C=C/c1ccccc1)C(=O)C(C)C/C=C/c1ccccc1. The summed E-state index contributed by atoms with van der Waals surface area (Å²) in [5.74, 6) is 0.459. The number of carbonyl (C=O) groups is 1. The van der Waals surface area contributed by atoms with E-state index in [1.807, 2.05) is 50.2 Å². The molecule has 0 heterocycles. The third-order valence-electron chi connectivity index (χ3n) is 4.17. The van der Waals surface area contributed by atoms with Crippen molar-refractivity contribution in [3.8, 4) is 0 Å². The van der Waals surface area contributed by atoms with E-state index in [0.29, 0.717) is 5.78 Å². The Morgan fingerprint density at radius 2 is 1.12 bits per heavy atom. The first-order valence-corrected chi connectivity index (χ1v) is 8.63. The Labute approximate surface area is 145 Å². The van der Waals surface area contributed by atoms with E-state index >= 15 is 0 Å². The number of hydrogen-bond acceptors (Lipinski definition) is 1. The largest absolute Gasteiger partial charge is 0.299 e. The van der Waals surface area contributed by atoms with Gasteiger partial charge in [0.2, 0.25) is 0 Å². The van der Waals surface area contributed by atoms with Crippen LogP contribution in [-0.4, -0.2) is 5.78 Å². The highest BCUT2D eigenvalue weighted by Gasteiger charge is 2.17. The number of rotatable bonds is 8. The van der Waals surface area contributed by atoms with Crippen molar-refractivity contribution in [2.45, 2.75) is 26.7 Å².